The van der Waals surface area contributed by atoms with Gasteiger partial charge in [-0.1, -0.05) is 0 Å². The maximum absolute atomic E-state index is 9.74. The molecule has 0 aliphatic carbocycles. The Hall–Kier alpha value is 0.0300. The Morgan fingerprint density at radius 3 is 2.38 bits per heavy atom. The maximum Gasteiger partial charge on any atom is 0.486 e. The monoisotopic (exact) mass is 142 g/mol. The number of nitrogens with one attached hydrogen (secondary N) is 1. The third-order valence-electron chi connectivity index (χ3n) is 0.267. The second-order valence-corrected chi connectivity index (χ2v) is 2.09. The first-order valence-electron chi connectivity index (χ1n) is 1.73. The molecule has 50 valence electrons. The number of hydrogen-bond donors (Lipinski definition) is 4. The summed E-state index contributed by atoms with van der Waals surface area (Å²) >= 11 is 0. The van der Waals surface area contributed by atoms with E-state index in [1.807, 2.05) is 0 Å². The summed E-state index contributed by atoms with van der Waals surface area (Å²) in [4.78, 5) is 15.8. The van der Waals surface area contributed by atoms with Gasteiger partial charge in [0.1, 0.15) is 0 Å². The molecule has 0 radical (unpaired) electrons. The van der Waals surface area contributed by atoms with Gasteiger partial charge in [0.15, 0.2) is 0 Å². The van der Waals surface area contributed by atoms with E-state index < -0.39 is 7.82 Å². The standard InChI is InChI=1S/CH7N2O4P/c2-1-3-7-8(4,5)6/h3H,1-2H2,(H2,4,5,6). The molecular formula is CH7N2O4P. The minimum atomic E-state index is -4.37. The minimum absolute atomic E-state index is 0.134. The van der Waals surface area contributed by atoms with Crippen LogP contribution in [-0.2, 0) is 9.19 Å². The van der Waals surface area contributed by atoms with Crippen LogP contribution in [0.3, 0.4) is 0 Å². The summed E-state index contributed by atoms with van der Waals surface area (Å²) in [5.74, 6) is 0. The van der Waals surface area contributed by atoms with Crippen LogP contribution in [0.15, 0.2) is 0 Å². The fourth-order valence-electron chi connectivity index (χ4n) is 0.121. The van der Waals surface area contributed by atoms with E-state index in [1.165, 1.54) is 0 Å². The fourth-order valence-corrected chi connectivity index (χ4v) is 0.364. The van der Waals surface area contributed by atoms with E-state index >= 15 is 0 Å². The highest BCUT2D eigenvalue weighted by atomic mass is 31.2. The van der Waals surface area contributed by atoms with Gasteiger partial charge >= 0.3 is 7.82 Å². The van der Waals surface area contributed by atoms with Crippen LogP contribution in [0.5, 0.6) is 0 Å². The summed E-state index contributed by atoms with van der Waals surface area (Å²) in [6, 6.07) is 0. The Bertz CT molecular complexity index is 98.2. The molecule has 0 atom stereocenters. The van der Waals surface area contributed by atoms with Gasteiger partial charge in [-0.15, -0.1) is 0 Å². The molecule has 0 unspecified atom stereocenters. The minimum Gasteiger partial charge on any atom is -0.317 e. The topological polar surface area (TPSA) is 105 Å². The van der Waals surface area contributed by atoms with E-state index in [-0.39, 0.29) is 6.67 Å². The normalized spacial score (nSPS) is 11.9. The van der Waals surface area contributed by atoms with Crippen molar-refractivity contribution in [2.24, 2.45) is 5.73 Å². The van der Waals surface area contributed by atoms with Crippen molar-refractivity contribution in [3.05, 3.63) is 0 Å². The zero-order valence-electron chi connectivity index (χ0n) is 3.94. The van der Waals surface area contributed by atoms with E-state index in [1.54, 1.807) is 5.48 Å². The second-order valence-electron chi connectivity index (χ2n) is 0.930. The molecule has 7 heteroatoms. The van der Waals surface area contributed by atoms with Crippen LogP contribution in [0, 0.1) is 0 Å². The molecular weight excluding hydrogens is 135 g/mol. The molecule has 0 aliphatic heterocycles. The third kappa shape index (κ3) is 6.03. The first kappa shape index (κ1) is 8.03. The molecule has 0 fully saturated rings. The number of hydroxylamine groups is 1. The van der Waals surface area contributed by atoms with Gasteiger partial charge in [-0.3, -0.25) is 0 Å². The van der Waals surface area contributed by atoms with Gasteiger partial charge in [0, 0.05) is 0 Å². The largest absolute Gasteiger partial charge is 0.486 e. The van der Waals surface area contributed by atoms with Gasteiger partial charge < -0.3 is 15.5 Å². The lowest BCUT2D eigenvalue weighted by molar-refractivity contribution is 0.127. The van der Waals surface area contributed by atoms with Crippen molar-refractivity contribution in [3.63, 3.8) is 0 Å². The first-order valence-corrected chi connectivity index (χ1v) is 3.26. The van der Waals surface area contributed by atoms with Crippen molar-refractivity contribution in [2.45, 2.75) is 0 Å². The first-order chi connectivity index (χ1) is 3.56. The van der Waals surface area contributed by atoms with Crippen LogP contribution in [0.4, 0.5) is 0 Å². The van der Waals surface area contributed by atoms with Crippen molar-refractivity contribution in [1.82, 2.24) is 5.48 Å². The third-order valence-corrected chi connectivity index (χ3v) is 0.634. The molecule has 0 heterocycles. The summed E-state index contributed by atoms with van der Waals surface area (Å²) in [5, 5.41) is 0. The van der Waals surface area contributed by atoms with Crippen molar-refractivity contribution in [2.75, 3.05) is 6.67 Å². The number of nitrogens with two attached hydrogens (primary N) is 1. The fraction of sp³-hybridized carbons (Fsp3) is 1.00. The summed E-state index contributed by atoms with van der Waals surface area (Å²) in [6.07, 6.45) is 0. The van der Waals surface area contributed by atoms with E-state index in [2.05, 4.69) is 4.62 Å². The van der Waals surface area contributed by atoms with Gasteiger partial charge in [-0.2, -0.15) is 10.1 Å². The lowest BCUT2D eigenvalue weighted by atomic mass is 11.3. The second kappa shape index (κ2) is 3.13. The Labute approximate surface area is 45.8 Å². The van der Waals surface area contributed by atoms with Crippen molar-refractivity contribution < 1.29 is 19.0 Å². The Kier molecular flexibility index (Phi) is 3.15. The molecule has 0 rings (SSSR count). The summed E-state index contributed by atoms with van der Waals surface area (Å²) in [5.41, 5.74) is 6.56. The van der Waals surface area contributed by atoms with Gasteiger partial charge in [-0.05, 0) is 0 Å². The molecule has 0 spiro atoms. The zero-order valence-corrected chi connectivity index (χ0v) is 4.84. The van der Waals surface area contributed by atoms with Crippen LogP contribution >= 0.6 is 7.82 Å². The quantitative estimate of drug-likeness (QED) is 0.217. The lowest BCUT2D eigenvalue weighted by Gasteiger charge is -2.01. The highest BCUT2D eigenvalue weighted by Gasteiger charge is 2.11. The molecule has 0 aliphatic rings. The summed E-state index contributed by atoms with van der Waals surface area (Å²) < 4.78 is 13.4. The van der Waals surface area contributed by atoms with Crippen LogP contribution in [0.2, 0.25) is 0 Å². The Morgan fingerprint density at radius 1 is 1.75 bits per heavy atom. The predicted molar refractivity (Wildman–Crippen MR) is 25.3 cm³/mol. The maximum atomic E-state index is 9.74. The zero-order chi connectivity index (χ0) is 6.62. The molecule has 6 nitrogen and oxygen atoms in total. The van der Waals surface area contributed by atoms with E-state index in [0.717, 1.165) is 0 Å². The molecule has 0 saturated carbocycles. The Morgan fingerprint density at radius 2 is 2.25 bits per heavy atom. The molecule has 5 N–H and O–H groups in total. The van der Waals surface area contributed by atoms with Crippen LogP contribution in [-0.4, -0.2) is 16.5 Å². The van der Waals surface area contributed by atoms with Crippen molar-refractivity contribution in [1.29, 1.82) is 0 Å². The highest BCUT2D eigenvalue weighted by molar-refractivity contribution is 7.46. The Balaban J connectivity index is 3.26. The average Bonchev–Trinajstić information content (AvgIpc) is 1.59. The molecule has 0 aromatic carbocycles. The summed E-state index contributed by atoms with van der Waals surface area (Å²) in [6.45, 7) is -0.134. The molecule has 0 amide bonds. The molecule has 0 bridgehead atoms. The van der Waals surface area contributed by atoms with E-state index in [0.29, 0.717) is 0 Å². The van der Waals surface area contributed by atoms with Crippen molar-refractivity contribution >= 4 is 7.82 Å². The van der Waals surface area contributed by atoms with Gasteiger partial charge in [-0.25, -0.2) is 4.57 Å². The van der Waals surface area contributed by atoms with Crippen molar-refractivity contribution in [3.8, 4) is 0 Å². The average molecular weight is 142 g/mol. The highest BCUT2D eigenvalue weighted by Crippen LogP contribution is 2.33. The number of hydrogen-bond acceptors (Lipinski definition) is 4. The molecule has 0 aromatic rings. The SMILES string of the molecule is NCNOP(=O)(O)O. The smallest absolute Gasteiger partial charge is 0.317 e. The van der Waals surface area contributed by atoms with Crippen LogP contribution < -0.4 is 11.2 Å². The van der Waals surface area contributed by atoms with Gasteiger partial charge in [0.25, 0.3) is 0 Å². The number of rotatable bonds is 3. The predicted octanol–water partition coefficient (Wildman–Crippen LogP) is -1.48. The lowest BCUT2D eigenvalue weighted by Crippen LogP contribution is -2.21. The summed E-state index contributed by atoms with van der Waals surface area (Å²) in [7, 11) is -4.37. The van der Waals surface area contributed by atoms with Crippen LogP contribution in [0.25, 0.3) is 0 Å². The van der Waals surface area contributed by atoms with E-state index in [9.17, 15) is 4.57 Å². The molecule has 0 aromatic heterocycles. The molecule has 8 heavy (non-hydrogen) atoms. The van der Waals surface area contributed by atoms with E-state index in [4.69, 9.17) is 15.5 Å². The van der Waals surface area contributed by atoms with Gasteiger partial charge in [0.05, 0.1) is 6.67 Å². The number of phosphoric acid groups is 1. The van der Waals surface area contributed by atoms with Gasteiger partial charge in [0.2, 0.25) is 0 Å². The molecule has 0 saturated heterocycles. The van der Waals surface area contributed by atoms with Crippen LogP contribution in [0.1, 0.15) is 0 Å².